The van der Waals surface area contributed by atoms with E-state index in [1.165, 1.54) is 15.9 Å². The molecule has 2 aromatic carbocycles. The predicted octanol–water partition coefficient (Wildman–Crippen LogP) is 3.16. The average molecular weight is 419 g/mol. The van der Waals surface area contributed by atoms with Crippen LogP contribution in [0.1, 0.15) is 5.56 Å². The zero-order valence-corrected chi connectivity index (χ0v) is 17.2. The third-order valence-electron chi connectivity index (χ3n) is 5.07. The van der Waals surface area contributed by atoms with Crippen molar-refractivity contribution < 1.29 is 8.42 Å². The van der Waals surface area contributed by atoms with Crippen molar-refractivity contribution in [2.45, 2.75) is 16.3 Å². The monoisotopic (exact) mass is 418 g/mol. The van der Waals surface area contributed by atoms with Crippen LogP contribution < -0.4 is 9.75 Å². The van der Waals surface area contributed by atoms with Crippen molar-refractivity contribution in [1.29, 1.82) is 0 Å². The van der Waals surface area contributed by atoms with Crippen LogP contribution in [-0.4, -0.2) is 24.8 Å². The lowest BCUT2D eigenvalue weighted by Gasteiger charge is -2.20. The summed E-state index contributed by atoms with van der Waals surface area (Å²) in [6.45, 7) is 1.60. The van der Waals surface area contributed by atoms with Crippen molar-refractivity contribution in [2.75, 3.05) is 6.54 Å². The lowest BCUT2D eigenvalue weighted by Crippen LogP contribution is -2.31. The van der Waals surface area contributed by atoms with E-state index in [0.717, 1.165) is 29.6 Å². The summed E-state index contributed by atoms with van der Waals surface area (Å²) in [4.78, 5) is 7.02. The van der Waals surface area contributed by atoms with Crippen molar-refractivity contribution in [3.8, 4) is 0 Å². The maximum Gasteiger partial charge on any atom is 0.208 e. The topological polar surface area (TPSA) is 50.3 Å². The smallest absolute Gasteiger partial charge is 0.208 e. The fourth-order valence-corrected chi connectivity index (χ4v) is 5.59. The maximum absolute atomic E-state index is 13.0. The largest absolute Gasteiger partial charge is 0.368 e. The van der Waals surface area contributed by atoms with Crippen LogP contribution in [0.15, 0.2) is 82.0 Å². The minimum atomic E-state index is -3.60. The number of thiophene rings is 1. The highest BCUT2D eigenvalue weighted by atomic mass is 32.2. The molecule has 0 amide bonds. The van der Waals surface area contributed by atoms with Gasteiger partial charge in [-0.05, 0) is 46.5 Å². The van der Waals surface area contributed by atoms with Gasteiger partial charge in [-0.25, -0.2) is 8.42 Å². The SMILES string of the molecule is O=S(=O)(c1ccc(CN2C=c3sccc3=CC2)cc1)c1cnc2ccccc2c1. The predicted molar refractivity (Wildman–Crippen MR) is 117 cm³/mol. The van der Waals surface area contributed by atoms with E-state index in [2.05, 4.69) is 33.6 Å². The Morgan fingerprint density at radius 2 is 1.83 bits per heavy atom. The summed E-state index contributed by atoms with van der Waals surface area (Å²) in [5.41, 5.74) is 1.86. The van der Waals surface area contributed by atoms with Crippen LogP contribution in [0.4, 0.5) is 0 Å². The number of nitrogens with zero attached hydrogens (tertiary/aromatic N) is 2. The number of hydrogen-bond acceptors (Lipinski definition) is 5. The second-order valence-corrected chi connectivity index (χ2v) is 9.91. The molecule has 4 aromatic rings. The maximum atomic E-state index is 13.0. The third kappa shape index (κ3) is 3.45. The minimum absolute atomic E-state index is 0.216. The highest BCUT2D eigenvalue weighted by Crippen LogP contribution is 2.24. The molecule has 0 N–H and O–H groups in total. The molecule has 0 saturated heterocycles. The number of para-hydroxylation sites is 1. The Morgan fingerprint density at radius 3 is 2.69 bits per heavy atom. The quantitative estimate of drug-likeness (QED) is 0.511. The second-order valence-electron chi connectivity index (χ2n) is 7.01. The molecule has 0 unspecified atom stereocenters. The van der Waals surface area contributed by atoms with Crippen molar-refractivity contribution in [3.05, 3.63) is 87.6 Å². The van der Waals surface area contributed by atoms with Crippen molar-refractivity contribution in [2.24, 2.45) is 0 Å². The van der Waals surface area contributed by atoms with Crippen LogP contribution in [0, 0.1) is 0 Å². The standard InChI is InChI=1S/C23H18N2O2S2/c26-29(27,21-13-19-3-1-2-4-22(19)24-14-21)20-7-5-17(6-8-20)15-25-11-9-18-10-12-28-23(18)16-25/h1-10,12-14,16H,11,15H2. The van der Waals surface area contributed by atoms with Crippen molar-refractivity contribution in [3.63, 3.8) is 0 Å². The van der Waals surface area contributed by atoms with Crippen molar-refractivity contribution in [1.82, 2.24) is 9.88 Å². The van der Waals surface area contributed by atoms with E-state index in [1.54, 1.807) is 29.5 Å². The van der Waals surface area contributed by atoms with Gasteiger partial charge in [0.15, 0.2) is 0 Å². The molecule has 0 aliphatic carbocycles. The lowest BCUT2D eigenvalue weighted by atomic mass is 10.2. The van der Waals surface area contributed by atoms with Gasteiger partial charge in [-0.1, -0.05) is 36.4 Å². The normalized spacial score (nSPS) is 13.6. The van der Waals surface area contributed by atoms with Gasteiger partial charge >= 0.3 is 0 Å². The number of aromatic nitrogens is 1. The molecule has 144 valence electrons. The van der Waals surface area contributed by atoms with Gasteiger partial charge in [0.1, 0.15) is 0 Å². The van der Waals surface area contributed by atoms with E-state index in [9.17, 15) is 8.42 Å². The van der Waals surface area contributed by atoms with Gasteiger partial charge in [0.2, 0.25) is 9.84 Å². The van der Waals surface area contributed by atoms with Gasteiger partial charge < -0.3 is 4.90 Å². The van der Waals surface area contributed by atoms with Gasteiger partial charge in [-0.3, -0.25) is 4.98 Å². The molecule has 0 atom stereocenters. The Balaban J connectivity index is 1.40. The number of hydrogen-bond donors (Lipinski definition) is 0. The van der Waals surface area contributed by atoms with E-state index in [0.29, 0.717) is 0 Å². The molecule has 0 radical (unpaired) electrons. The van der Waals surface area contributed by atoms with Crippen LogP contribution in [0.2, 0.25) is 0 Å². The lowest BCUT2D eigenvalue weighted by molar-refractivity contribution is 0.455. The molecule has 6 heteroatoms. The molecule has 0 fully saturated rings. The summed E-state index contributed by atoms with van der Waals surface area (Å²) >= 11 is 1.73. The van der Waals surface area contributed by atoms with E-state index < -0.39 is 9.84 Å². The summed E-state index contributed by atoms with van der Waals surface area (Å²) in [7, 11) is -3.60. The van der Waals surface area contributed by atoms with Crippen LogP contribution in [0.25, 0.3) is 23.2 Å². The number of fused-ring (bicyclic) bond motifs is 2. The number of sulfone groups is 1. The molecule has 2 aromatic heterocycles. The first kappa shape index (κ1) is 18.1. The molecule has 29 heavy (non-hydrogen) atoms. The fraction of sp³-hybridized carbons (Fsp3) is 0.0870. The Kier molecular flexibility index (Phi) is 4.45. The molecule has 5 rings (SSSR count). The highest BCUT2D eigenvalue weighted by molar-refractivity contribution is 7.91. The Hall–Kier alpha value is -2.96. The Bertz CT molecular complexity index is 1420. The molecule has 0 spiro atoms. The molecular weight excluding hydrogens is 400 g/mol. The zero-order valence-electron chi connectivity index (χ0n) is 15.5. The van der Waals surface area contributed by atoms with Crippen LogP contribution in [0.5, 0.6) is 0 Å². The van der Waals surface area contributed by atoms with Crippen LogP contribution in [0.3, 0.4) is 0 Å². The zero-order chi connectivity index (χ0) is 19.8. The summed E-state index contributed by atoms with van der Waals surface area (Å²) in [6, 6.07) is 18.5. The first-order valence-corrected chi connectivity index (χ1v) is 11.6. The molecule has 1 aliphatic heterocycles. The summed E-state index contributed by atoms with van der Waals surface area (Å²) in [6.07, 6.45) is 5.82. The van der Waals surface area contributed by atoms with Gasteiger partial charge in [-0.15, -0.1) is 11.3 Å². The van der Waals surface area contributed by atoms with Gasteiger partial charge in [0.25, 0.3) is 0 Å². The first-order valence-electron chi connectivity index (χ1n) is 9.28. The molecule has 0 saturated carbocycles. The Labute approximate surface area is 173 Å². The molecule has 1 aliphatic rings. The fourth-order valence-electron chi connectivity index (χ4n) is 3.49. The van der Waals surface area contributed by atoms with E-state index in [4.69, 9.17) is 0 Å². The molecule has 3 heterocycles. The van der Waals surface area contributed by atoms with E-state index in [1.807, 2.05) is 36.4 Å². The highest BCUT2D eigenvalue weighted by Gasteiger charge is 2.18. The third-order valence-corrected chi connectivity index (χ3v) is 7.67. The van der Waals surface area contributed by atoms with Crippen LogP contribution in [-0.2, 0) is 16.4 Å². The summed E-state index contributed by atoms with van der Waals surface area (Å²) < 4.78 is 27.3. The Morgan fingerprint density at radius 1 is 1.00 bits per heavy atom. The van der Waals surface area contributed by atoms with Gasteiger partial charge in [0.05, 0.1) is 15.3 Å². The molecular formula is C23H18N2O2S2. The molecule has 0 bridgehead atoms. The van der Waals surface area contributed by atoms with Crippen LogP contribution >= 0.6 is 11.3 Å². The number of benzene rings is 2. The molecule has 4 nitrogen and oxygen atoms in total. The number of rotatable bonds is 4. The first-order chi connectivity index (χ1) is 14.1. The summed E-state index contributed by atoms with van der Waals surface area (Å²) in [5.74, 6) is 0. The van der Waals surface area contributed by atoms with Gasteiger partial charge in [0, 0.05) is 35.4 Å². The second kappa shape index (κ2) is 7.13. The summed E-state index contributed by atoms with van der Waals surface area (Å²) in [5, 5.41) is 4.20. The van der Waals surface area contributed by atoms with E-state index >= 15 is 0 Å². The minimum Gasteiger partial charge on any atom is -0.368 e. The van der Waals surface area contributed by atoms with E-state index in [-0.39, 0.29) is 9.79 Å². The van der Waals surface area contributed by atoms with Crippen molar-refractivity contribution >= 4 is 44.4 Å². The van der Waals surface area contributed by atoms with Gasteiger partial charge in [-0.2, -0.15) is 0 Å². The average Bonchev–Trinajstić information content (AvgIpc) is 3.22. The number of pyridine rings is 1.